The maximum atomic E-state index is 13.1. The highest BCUT2D eigenvalue weighted by Gasteiger charge is 2.33. The van der Waals surface area contributed by atoms with Gasteiger partial charge in [0.2, 0.25) is 17.6 Å². The van der Waals surface area contributed by atoms with E-state index in [1.165, 1.54) is 12.1 Å². The first kappa shape index (κ1) is 19.1. The van der Waals surface area contributed by atoms with Gasteiger partial charge in [-0.3, -0.25) is 4.79 Å². The highest BCUT2D eigenvalue weighted by Crippen LogP contribution is 2.32. The highest BCUT2D eigenvalue weighted by atomic mass is 19.1. The average Bonchev–Trinajstić information content (AvgIpc) is 3.42. The molecule has 4 rings (SSSR count). The molecule has 150 valence electrons. The van der Waals surface area contributed by atoms with Crippen molar-refractivity contribution in [3.8, 4) is 17.1 Å². The zero-order valence-electron chi connectivity index (χ0n) is 16.2. The van der Waals surface area contributed by atoms with E-state index in [1.807, 2.05) is 29.2 Å². The lowest BCUT2D eigenvalue weighted by Crippen LogP contribution is -2.30. The molecule has 0 aliphatic carbocycles. The van der Waals surface area contributed by atoms with Gasteiger partial charge in [-0.05, 0) is 61.2 Å². The lowest BCUT2D eigenvalue weighted by atomic mass is 10.1. The predicted octanol–water partition coefficient (Wildman–Crippen LogP) is 4.18. The molecule has 1 fully saturated rings. The van der Waals surface area contributed by atoms with Crippen LogP contribution in [-0.2, 0) is 11.2 Å². The Morgan fingerprint density at radius 2 is 2.10 bits per heavy atom. The number of likely N-dealkylation sites (tertiary alicyclic amines) is 1. The van der Waals surface area contributed by atoms with Crippen LogP contribution in [0.5, 0.6) is 5.75 Å². The van der Waals surface area contributed by atoms with Crippen LogP contribution in [0.3, 0.4) is 0 Å². The van der Waals surface area contributed by atoms with Crippen molar-refractivity contribution >= 4 is 5.91 Å². The van der Waals surface area contributed by atoms with Crippen LogP contribution in [0.1, 0.15) is 36.8 Å². The van der Waals surface area contributed by atoms with Crippen molar-refractivity contribution in [1.82, 2.24) is 15.0 Å². The van der Waals surface area contributed by atoms with Crippen LogP contribution in [-0.4, -0.2) is 34.6 Å². The molecule has 2 aromatic carbocycles. The Kier molecular flexibility index (Phi) is 5.55. The van der Waals surface area contributed by atoms with Gasteiger partial charge in [0.1, 0.15) is 17.6 Å². The van der Waals surface area contributed by atoms with Gasteiger partial charge < -0.3 is 14.2 Å². The van der Waals surface area contributed by atoms with Gasteiger partial charge in [-0.15, -0.1) is 0 Å². The first-order valence-electron chi connectivity index (χ1n) is 9.66. The molecule has 6 nitrogen and oxygen atoms in total. The number of benzene rings is 2. The summed E-state index contributed by atoms with van der Waals surface area (Å²) >= 11 is 0. The number of ether oxygens (including phenoxy) is 1. The molecule has 1 atom stereocenters. The van der Waals surface area contributed by atoms with E-state index in [0.29, 0.717) is 36.7 Å². The number of rotatable bonds is 6. The van der Waals surface area contributed by atoms with Crippen molar-refractivity contribution in [3.05, 3.63) is 65.8 Å². The molecule has 0 unspecified atom stereocenters. The van der Waals surface area contributed by atoms with Gasteiger partial charge in [0.05, 0.1) is 7.11 Å². The summed E-state index contributed by atoms with van der Waals surface area (Å²) in [4.78, 5) is 19.1. The molecular weight excluding hydrogens is 373 g/mol. The Balaban J connectivity index is 1.43. The zero-order valence-corrected chi connectivity index (χ0v) is 16.2. The standard InChI is InChI=1S/C22H22FN3O3/c1-28-18-5-2-4-15(14-18)7-12-20(27)26-13-3-6-19(26)22-24-21(25-29-22)16-8-10-17(23)11-9-16/h2,4-5,8-11,14,19H,3,6-7,12-13H2,1H3/t19-/m0/s1. The number of carbonyl (C=O) groups is 1. The van der Waals surface area contributed by atoms with Gasteiger partial charge in [-0.2, -0.15) is 4.98 Å². The molecule has 0 spiro atoms. The molecule has 0 N–H and O–H groups in total. The second-order valence-electron chi connectivity index (χ2n) is 7.06. The minimum Gasteiger partial charge on any atom is -0.497 e. The van der Waals surface area contributed by atoms with E-state index in [9.17, 15) is 9.18 Å². The molecule has 1 aliphatic rings. The SMILES string of the molecule is COc1cccc(CCC(=O)N2CCC[C@H]2c2nc(-c3ccc(F)cc3)no2)c1. The Morgan fingerprint density at radius 1 is 1.28 bits per heavy atom. The molecule has 2 heterocycles. The van der Waals surface area contributed by atoms with E-state index in [0.717, 1.165) is 24.2 Å². The van der Waals surface area contributed by atoms with Gasteiger partial charge in [-0.1, -0.05) is 17.3 Å². The van der Waals surface area contributed by atoms with Gasteiger partial charge in [0, 0.05) is 18.5 Å². The molecule has 3 aromatic rings. The number of hydrogen-bond acceptors (Lipinski definition) is 5. The number of carbonyl (C=O) groups excluding carboxylic acids is 1. The van der Waals surface area contributed by atoms with Gasteiger partial charge in [0.15, 0.2) is 0 Å². The number of nitrogens with zero attached hydrogens (tertiary/aromatic N) is 3. The summed E-state index contributed by atoms with van der Waals surface area (Å²) in [6.07, 6.45) is 2.73. The summed E-state index contributed by atoms with van der Waals surface area (Å²) in [5, 5.41) is 4.01. The molecule has 7 heteroatoms. The molecule has 0 bridgehead atoms. The molecule has 29 heavy (non-hydrogen) atoms. The largest absolute Gasteiger partial charge is 0.497 e. The van der Waals surface area contributed by atoms with Crippen LogP contribution in [0.2, 0.25) is 0 Å². The minimum absolute atomic E-state index is 0.0665. The molecule has 1 saturated heterocycles. The Morgan fingerprint density at radius 3 is 2.90 bits per heavy atom. The number of aromatic nitrogens is 2. The van der Waals surface area contributed by atoms with E-state index in [2.05, 4.69) is 10.1 Å². The zero-order chi connectivity index (χ0) is 20.2. The predicted molar refractivity (Wildman–Crippen MR) is 105 cm³/mol. The Hall–Kier alpha value is -3.22. The lowest BCUT2D eigenvalue weighted by Gasteiger charge is -2.22. The summed E-state index contributed by atoms with van der Waals surface area (Å²) in [5.41, 5.74) is 1.74. The maximum Gasteiger partial charge on any atom is 0.249 e. The van der Waals surface area contributed by atoms with Crippen LogP contribution in [0, 0.1) is 5.82 Å². The van der Waals surface area contributed by atoms with Crippen molar-refractivity contribution in [2.75, 3.05) is 13.7 Å². The summed E-state index contributed by atoms with van der Waals surface area (Å²) < 4.78 is 23.8. The van der Waals surface area contributed by atoms with Crippen LogP contribution in [0.15, 0.2) is 53.1 Å². The van der Waals surface area contributed by atoms with E-state index >= 15 is 0 Å². The number of hydrogen-bond donors (Lipinski definition) is 0. The first-order chi connectivity index (χ1) is 14.1. The summed E-state index contributed by atoms with van der Waals surface area (Å²) in [7, 11) is 1.63. The Bertz CT molecular complexity index is 987. The fraction of sp³-hybridized carbons (Fsp3) is 0.318. The molecule has 1 aliphatic heterocycles. The van der Waals surface area contributed by atoms with Gasteiger partial charge in [0.25, 0.3) is 0 Å². The second-order valence-corrected chi connectivity index (χ2v) is 7.06. The van der Waals surface area contributed by atoms with E-state index in [-0.39, 0.29) is 17.8 Å². The third-order valence-corrected chi connectivity index (χ3v) is 5.16. The lowest BCUT2D eigenvalue weighted by molar-refractivity contribution is -0.132. The third-order valence-electron chi connectivity index (χ3n) is 5.16. The van der Waals surface area contributed by atoms with E-state index < -0.39 is 0 Å². The fourth-order valence-electron chi connectivity index (χ4n) is 3.63. The van der Waals surface area contributed by atoms with Crippen molar-refractivity contribution in [2.24, 2.45) is 0 Å². The monoisotopic (exact) mass is 395 g/mol. The van der Waals surface area contributed by atoms with Gasteiger partial charge >= 0.3 is 0 Å². The molecule has 1 amide bonds. The number of halogens is 1. The first-order valence-corrected chi connectivity index (χ1v) is 9.66. The van der Waals surface area contributed by atoms with Crippen molar-refractivity contribution < 1.29 is 18.4 Å². The van der Waals surface area contributed by atoms with Crippen molar-refractivity contribution in [3.63, 3.8) is 0 Å². The van der Waals surface area contributed by atoms with Crippen LogP contribution < -0.4 is 4.74 Å². The second kappa shape index (κ2) is 8.43. The molecule has 0 radical (unpaired) electrons. The average molecular weight is 395 g/mol. The highest BCUT2D eigenvalue weighted by molar-refractivity contribution is 5.77. The Labute approximate surface area is 168 Å². The normalized spacial score (nSPS) is 16.2. The number of amides is 1. The van der Waals surface area contributed by atoms with Crippen LogP contribution >= 0.6 is 0 Å². The molecule has 0 saturated carbocycles. The van der Waals surface area contributed by atoms with Crippen LogP contribution in [0.4, 0.5) is 4.39 Å². The topological polar surface area (TPSA) is 68.5 Å². The fourth-order valence-corrected chi connectivity index (χ4v) is 3.63. The summed E-state index contributed by atoms with van der Waals surface area (Å²) in [6, 6.07) is 13.5. The minimum atomic E-state index is -0.318. The maximum absolute atomic E-state index is 13.1. The quantitative estimate of drug-likeness (QED) is 0.626. The summed E-state index contributed by atoms with van der Waals surface area (Å²) in [6.45, 7) is 0.676. The van der Waals surface area contributed by atoms with Crippen molar-refractivity contribution in [2.45, 2.75) is 31.7 Å². The third kappa shape index (κ3) is 4.29. The summed E-state index contributed by atoms with van der Waals surface area (Å²) in [5.74, 6) is 1.36. The smallest absolute Gasteiger partial charge is 0.249 e. The van der Waals surface area contributed by atoms with E-state index in [4.69, 9.17) is 9.26 Å². The van der Waals surface area contributed by atoms with Crippen molar-refractivity contribution in [1.29, 1.82) is 0 Å². The molecule has 1 aromatic heterocycles. The van der Waals surface area contributed by atoms with Crippen LogP contribution in [0.25, 0.3) is 11.4 Å². The van der Waals surface area contributed by atoms with E-state index in [1.54, 1.807) is 19.2 Å². The number of methoxy groups -OCH3 is 1. The molecular formula is C22H22FN3O3. The number of aryl methyl sites for hydroxylation is 1. The van der Waals surface area contributed by atoms with Gasteiger partial charge in [-0.25, -0.2) is 4.39 Å².